The lowest BCUT2D eigenvalue weighted by Crippen LogP contribution is -2.46. The Labute approximate surface area is 148 Å². The van der Waals surface area contributed by atoms with E-state index in [9.17, 15) is 14.7 Å². The Morgan fingerprint density at radius 3 is 2.64 bits per heavy atom. The molecule has 1 heterocycles. The van der Waals surface area contributed by atoms with Gasteiger partial charge in [-0.15, -0.1) is 0 Å². The molecule has 138 valence electrons. The van der Waals surface area contributed by atoms with Crippen LogP contribution in [-0.2, 0) is 20.9 Å². The van der Waals surface area contributed by atoms with Gasteiger partial charge in [-0.2, -0.15) is 0 Å². The number of hydrogen-bond acceptors (Lipinski definition) is 5. The number of rotatable bonds is 8. The Hall–Kier alpha value is -1.92. The third-order valence-corrected chi connectivity index (χ3v) is 4.55. The summed E-state index contributed by atoms with van der Waals surface area (Å²) in [5.74, 6) is -0.974. The van der Waals surface area contributed by atoms with Crippen molar-refractivity contribution in [3.05, 3.63) is 35.9 Å². The van der Waals surface area contributed by atoms with Crippen molar-refractivity contribution in [2.45, 2.75) is 45.9 Å². The molecule has 1 aliphatic heterocycles. The van der Waals surface area contributed by atoms with Crippen LogP contribution in [0.3, 0.4) is 0 Å². The first-order valence-corrected chi connectivity index (χ1v) is 8.71. The minimum atomic E-state index is -0.871. The van der Waals surface area contributed by atoms with E-state index in [4.69, 9.17) is 9.47 Å². The van der Waals surface area contributed by atoms with Gasteiger partial charge < -0.3 is 14.6 Å². The summed E-state index contributed by atoms with van der Waals surface area (Å²) in [7, 11) is 0. The van der Waals surface area contributed by atoms with E-state index in [0.717, 1.165) is 10.5 Å². The summed E-state index contributed by atoms with van der Waals surface area (Å²) >= 11 is 0. The van der Waals surface area contributed by atoms with Crippen LogP contribution in [0.25, 0.3) is 0 Å². The second-order valence-electron chi connectivity index (χ2n) is 6.78. The molecule has 1 N–H and O–H groups in total. The molecule has 2 rings (SSSR count). The summed E-state index contributed by atoms with van der Waals surface area (Å²) in [4.78, 5) is 25.6. The van der Waals surface area contributed by atoms with Crippen LogP contribution in [0.4, 0.5) is 4.79 Å². The molecule has 1 aromatic rings. The van der Waals surface area contributed by atoms with Crippen molar-refractivity contribution in [3.63, 3.8) is 0 Å². The quantitative estimate of drug-likeness (QED) is 0.730. The smallest absolute Gasteiger partial charge is 0.416 e. The SMILES string of the molecule is CC(C)[C@@H]1COC(=O)N1C(=O)[C@@H](C)[C@@H](O)CCOCc1ccccc1. The number of amides is 2. The predicted octanol–water partition coefficient (Wildman–Crippen LogP) is 2.59. The second kappa shape index (κ2) is 8.97. The molecule has 3 atom stereocenters. The highest BCUT2D eigenvalue weighted by Crippen LogP contribution is 2.23. The highest BCUT2D eigenvalue weighted by atomic mass is 16.6. The lowest BCUT2D eigenvalue weighted by Gasteiger charge is -2.27. The Morgan fingerprint density at radius 1 is 1.32 bits per heavy atom. The average molecular weight is 349 g/mol. The highest BCUT2D eigenvalue weighted by Gasteiger charge is 2.42. The number of ether oxygens (including phenoxy) is 2. The number of cyclic esters (lactones) is 1. The van der Waals surface area contributed by atoms with Crippen molar-refractivity contribution in [3.8, 4) is 0 Å². The number of nitrogens with zero attached hydrogens (tertiary/aromatic N) is 1. The minimum Gasteiger partial charge on any atom is -0.447 e. The molecule has 6 heteroatoms. The van der Waals surface area contributed by atoms with Crippen LogP contribution in [0.15, 0.2) is 30.3 Å². The summed E-state index contributed by atoms with van der Waals surface area (Å²) in [6.45, 7) is 6.52. The van der Waals surface area contributed by atoms with Crippen LogP contribution in [0.2, 0.25) is 0 Å². The van der Waals surface area contributed by atoms with Crippen LogP contribution in [0, 0.1) is 11.8 Å². The van der Waals surface area contributed by atoms with E-state index in [1.165, 1.54) is 0 Å². The molecular weight excluding hydrogens is 322 g/mol. The van der Waals surface area contributed by atoms with Gasteiger partial charge in [0.15, 0.2) is 0 Å². The number of carbonyl (C=O) groups excluding carboxylic acids is 2. The van der Waals surface area contributed by atoms with Gasteiger partial charge in [0.05, 0.1) is 24.7 Å². The van der Waals surface area contributed by atoms with Gasteiger partial charge in [-0.3, -0.25) is 4.79 Å². The zero-order chi connectivity index (χ0) is 18.4. The Morgan fingerprint density at radius 2 is 2.00 bits per heavy atom. The summed E-state index contributed by atoms with van der Waals surface area (Å²) in [6, 6.07) is 9.47. The number of benzene rings is 1. The van der Waals surface area contributed by atoms with E-state index < -0.39 is 24.0 Å². The molecule has 25 heavy (non-hydrogen) atoms. The molecule has 0 aromatic heterocycles. The van der Waals surface area contributed by atoms with Gasteiger partial charge in [0.2, 0.25) is 5.91 Å². The van der Waals surface area contributed by atoms with E-state index >= 15 is 0 Å². The van der Waals surface area contributed by atoms with Crippen LogP contribution in [-0.4, -0.2) is 47.4 Å². The topological polar surface area (TPSA) is 76.1 Å². The van der Waals surface area contributed by atoms with E-state index in [1.54, 1.807) is 6.92 Å². The van der Waals surface area contributed by atoms with Crippen LogP contribution < -0.4 is 0 Å². The second-order valence-corrected chi connectivity index (χ2v) is 6.78. The average Bonchev–Trinajstić information content (AvgIpc) is 3.00. The molecule has 0 aliphatic carbocycles. The van der Waals surface area contributed by atoms with Crippen molar-refractivity contribution >= 4 is 12.0 Å². The molecule has 2 amide bonds. The van der Waals surface area contributed by atoms with E-state index in [0.29, 0.717) is 19.6 Å². The first-order chi connectivity index (χ1) is 11.9. The highest BCUT2D eigenvalue weighted by molar-refractivity contribution is 5.94. The van der Waals surface area contributed by atoms with Crippen LogP contribution >= 0.6 is 0 Å². The first kappa shape index (κ1) is 19.4. The maximum absolute atomic E-state index is 12.6. The minimum absolute atomic E-state index is 0.106. The van der Waals surface area contributed by atoms with Crippen molar-refractivity contribution in [1.82, 2.24) is 4.90 Å². The third-order valence-electron chi connectivity index (χ3n) is 4.55. The van der Waals surface area contributed by atoms with Gasteiger partial charge in [-0.25, -0.2) is 9.69 Å². The molecular formula is C19H27NO5. The van der Waals surface area contributed by atoms with Crippen molar-refractivity contribution < 1.29 is 24.2 Å². The molecule has 0 spiro atoms. The zero-order valence-electron chi connectivity index (χ0n) is 15.1. The van der Waals surface area contributed by atoms with Gasteiger partial charge in [0.25, 0.3) is 0 Å². The molecule has 6 nitrogen and oxygen atoms in total. The van der Waals surface area contributed by atoms with Crippen LogP contribution in [0.1, 0.15) is 32.8 Å². The fraction of sp³-hybridized carbons (Fsp3) is 0.579. The maximum atomic E-state index is 12.6. The molecule has 0 bridgehead atoms. The standard InChI is InChI=1S/C19H27NO5/c1-13(2)16-12-25-19(23)20(16)18(22)14(3)17(21)9-10-24-11-15-7-5-4-6-8-15/h4-8,13-14,16-17,21H,9-12H2,1-3H3/t14-,16-,17-/m0/s1. The fourth-order valence-corrected chi connectivity index (χ4v) is 2.78. The van der Waals surface area contributed by atoms with Gasteiger partial charge >= 0.3 is 6.09 Å². The lowest BCUT2D eigenvalue weighted by atomic mass is 9.98. The largest absolute Gasteiger partial charge is 0.447 e. The van der Waals surface area contributed by atoms with E-state index in [1.807, 2.05) is 44.2 Å². The van der Waals surface area contributed by atoms with Gasteiger partial charge in [-0.05, 0) is 17.9 Å². The van der Waals surface area contributed by atoms with Gasteiger partial charge in [0.1, 0.15) is 6.61 Å². The first-order valence-electron chi connectivity index (χ1n) is 8.71. The predicted molar refractivity (Wildman–Crippen MR) is 92.7 cm³/mol. The summed E-state index contributed by atoms with van der Waals surface area (Å²) < 4.78 is 10.5. The Bertz CT molecular complexity index is 574. The molecule has 1 saturated heterocycles. The fourth-order valence-electron chi connectivity index (χ4n) is 2.78. The maximum Gasteiger partial charge on any atom is 0.416 e. The number of hydrogen-bond donors (Lipinski definition) is 1. The molecule has 0 saturated carbocycles. The number of aliphatic hydroxyl groups excluding tert-OH is 1. The van der Waals surface area contributed by atoms with Crippen molar-refractivity contribution in [1.29, 1.82) is 0 Å². The van der Waals surface area contributed by atoms with Gasteiger partial charge in [-0.1, -0.05) is 51.1 Å². The summed E-state index contributed by atoms with van der Waals surface area (Å²) in [5, 5.41) is 10.3. The molecule has 0 unspecified atom stereocenters. The third kappa shape index (κ3) is 5.03. The number of carbonyl (C=O) groups is 2. The van der Waals surface area contributed by atoms with Gasteiger partial charge in [0, 0.05) is 6.61 Å². The van der Waals surface area contributed by atoms with Crippen LogP contribution in [0.5, 0.6) is 0 Å². The summed E-state index contributed by atoms with van der Waals surface area (Å²) in [5.41, 5.74) is 1.06. The van der Waals surface area contributed by atoms with Crippen molar-refractivity contribution in [2.24, 2.45) is 11.8 Å². The Kier molecular flexibility index (Phi) is 6.96. The van der Waals surface area contributed by atoms with E-state index in [2.05, 4.69) is 0 Å². The number of imide groups is 1. The molecule has 1 aromatic carbocycles. The summed E-state index contributed by atoms with van der Waals surface area (Å²) in [6.07, 6.45) is -1.16. The number of aliphatic hydroxyl groups is 1. The normalized spacial score (nSPS) is 19.8. The Balaban J connectivity index is 1.81. The molecule has 0 radical (unpaired) electrons. The lowest BCUT2D eigenvalue weighted by molar-refractivity contribution is -0.137. The van der Waals surface area contributed by atoms with E-state index in [-0.39, 0.29) is 18.6 Å². The van der Waals surface area contributed by atoms with Crippen molar-refractivity contribution in [2.75, 3.05) is 13.2 Å². The molecule has 1 fully saturated rings. The zero-order valence-corrected chi connectivity index (χ0v) is 15.1. The monoisotopic (exact) mass is 349 g/mol. The molecule has 1 aliphatic rings.